The summed E-state index contributed by atoms with van der Waals surface area (Å²) in [5, 5.41) is 4.79. The van der Waals surface area contributed by atoms with Gasteiger partial charge in [-0.15, -0.1) is 11.3 Å². The number of nitrogens with zero attached hydrogens (tertiary/aromatic N) is 2. The highest BCUT2D eigenvalue weighted by molar-refractivity contribution is 7.18. The van der Waals surface area contributed by atoms with E-state index in [1.54, 1.807) is 17.7 Å². The summed E-state index contributed by atoms with van der Waals surface area (Å²) in [6, 6.07) is 0.623. The van der Waals surface area contributed by atoms with Crippen molar-refractivity contribution in [3.63, 3.8) is 0 Å². The highest BCUT2D eigenvalue weighted by atomic mass is 32.1. The zero-order chi connectivity index (χ0) is 12.0. The molecule has 2 heterocycles. The van der Waals surface area contributed by atoms with E-state index in [0.717, 1.165) is 16.6 Å². The Morgan fingerprint density at radius 3 is 2.94 bits per heavy atom. The molecular weight excluding hydrogens is 230 g/mol. The van der Waals surface area contributed by atoms with Gasteiger partial charge in [-0.3, -0.25) is 0 Å². The average Bonchev–Trinajstić information content (AvgIpc) is 3.00. The zero-order valence-electron chi connectivity index (χ0n) is 10.4. The van der Waals surface area contributed by atoms with Crippen LogP contribution in [0.15, 0.2) is 6.33 Å². The summed E-state index contributed by atoms with van der Waals surface area (Å²) in [6.07, 6.45) is 4.21. The van der Waals surface area contributed by atoms with Crippen LogP contribution >= 0.6 is 11.3 Å². The number of nitrogens with one attached hydrogen (secondary N) is 1. The molecule has 0 spiro atoms. The molecular formula is C13H17N3S. The van der Waals surface area contributed by atoms with Gasteiger partial charge in [-0.05, 0) is 31.7 Å². The third-order valence-corrected chi connectivity index (χ3v) is 4.85. The molecule has 2 aromatic rings. The van der Waals surface area contributed by atoms with E-state index in [1.807, 2.05) is 0 Å². The molecule has 2 atom stereocenters. The normalized spacial score (nSPS) is 23.0. The second kappa shape index (κ2) is 3.95. The third kappa shape index (κ3) is 1.80. The number of anilines is 1. The maximum Gasteiger partial charge on any atom is 0.138 e. The van der Waals surface area contributed by atoms with Crippen LogP contribution < -0.4 is 5.32 Å². The molecule has 1 aliphatic rings. The Labute approximate surface area is 105 Å². The lowest BCUT2D eigenvalue weighted by Crippen LogP contribution is -2.06. The van der Waals surface area contributed by atoms with Crippen LogP contribution in [-0.2, 0) is 0 Å². The summed E-state index contributed by atoms with van der Waals surface area (Å²) >= 11 is 1.76. The fourth-order valence-electron chi connectivity index (χ4n) is 2.34. The fraction of sp³-hybridized carbons (Fsp3) is 0.538. The van der Waals surface area contributed by atoms with Crippen molar-refractivity contribution in [2.45, 2.75) is 39.7 Å². The van der Waals surface area contributed by atoms with Gasteiger partial charge in [0, 0.05) is 10.9 Å². The van der Waals surface area contributed by atoms with Crippen LogP contribution in [0.2, 0.25) is 0 Å². The molecule has 3 rings (SSSR count). The smallest absolute Gasteiger partial charge is 0.138 e. The van der Waals surface area contributed by atoms with Gasteiger partial charge < -0.3 is 5.32 Å². The molecule has 2 unspecified atom stereocenters. The van der Waals surface area contributed by atoms with Gasteiger partial charge in [-0.2, -0.15) is 0 Å². The van der Waals surface area contributed by atoms with Gasteiger partial charge >= 0.3 is 0 Å². The third-order valence-electron chi connectivity index (χ3n) is 3.73. The van der Waals surface area contributed by atoms with Gasteiger partial charge in [0.2, 0.25) is 0 Å². The summed E-state index contributed by atoms with van der Waals surface area (Å²) in [4.78, 5) is 11.2. The van der Waals surface area contributed by atoms with Crippen LogP contribution in [0.1, 0.15) is 30.2 Å². The Hall–Kier alpha value is -1.16. The molecule has 4 heteroatoms. The highest BCUT2D eigenvalue weighted by Gasteiger charge is 2.35. The lowest BCUT2D eigenvalue weighted by Gasteiger charge is -2.06. The van der Waals surface area contributed by atoms with E-state index in [9.17, 15) is 0 Å². The molecule has 1 aliphatic carbocycles. The minimum absolute atomic E-state index is 0.623. The molecule has 1 N–H and O–H groups in total. The summed E-state index contributed by atoms with van der Waals surface area (Å²) in [6.45, 7) is 6.56. The summed E-state index contributed by atoms with van der Waals surface area (Å²) in [5.74, 6) is 1.86. The first-order chi connectivity index (χ1) is 8.20. The van der Waals surface area contributed by atoms with Crippen molar-refractivity contribution in [3.05, 3.63) is 16.8 Å². The van der Waals surface area contributed by atoms with E-state index in [2.05, 4.69) is 36.1 Å². The number of fused-ring (bicyclic) bond motifs is 1. The van der Waals surface area contributed by atoms with E-state index in [0.29, 0.717) is 6.04 Å². The van der Waals surface area contributed by atoms with Crippen molar-refractivity contribution in [1.82, 2.24) is 9.97 Å². The van der Waals surface area contributed by atoms with Crippen LogP contribution in [0.4, 0.5) is 5.82 Å². The number of hydrogen-bond acceptors (Lipinski definition) is 4. The van der Waals surface area contributed by atoms with Crippen LogP contribution in [0, 0.1) is 19.8 Å². The van der Waals surface area contributed by atoms with Crippen molar-refractivity contribution < 1.29 is 0 Å². The Kier molecular flexibility index (Phi) is 2.54. The second-order valence-corrected chi connectivity index (χ2v) is 6.04. The summed E-state index contributed by atoms with van der Waals surface area (Å²) in [7, 11) is 0. The van der Waals surface area contributed by atoms with Crippen molar-refractivity contribution in [2.75, 3.05) is 5.32 Å². The first kappa shape index (κ1) is 11.0. The Morgan fingerprint density at radius 1 is 1.41 bits per heavy atom. The Bertz CT molecular complexity index is 561. The van der Waals surface area contributed by atoms with Gasteiger partial charge in [0.05, 0.1) is 5.39 Å². The molecule has 90 valence electrons. The topological polar surface area (TPSA) is 37.8 Å². The molecule has 0 aliphatic heterocycles. The number of rotatable bonds is 3. The number of aryl methyl sites for hydroxylation is 2. The van der Waals surface area contributed by atoms with Gasteiger partial charge in [-0.25, -0.2) is 9.97 Å². The largest absolute Gasteiger partial charge is 0.366 e. The fourth-order valence-corrected chi connectivity index (χ4v) is 3.34. The van der Waals surface area contributed by atoms with E-state index >= 15 is 0 Å². The van der Waals surface area contributed by atoms with Crippen LogP contribution in [0.3, 0.4) is 0 Å². The molecule has 3 nitrogen and oxygen atoms in total. The SMILES string of the molecule is CCC1CC1Nc1ncnc2sc(C)c(C)c12. The van der Waals surface area contributed by atoms with E-state index in [1.165, 1.54) is 28.7 Å². The van der Waals surface area contributed by atoms with Crippen LogP contribution in [0.25, 0.3) is 10.2 Å². The molecule has 2 aromatic heterocycles. The van der Waals surface area contributed by atoms with Crippen molar-refractivity contribution in [2.24, 2.45) is 5.92 Å². The summed E-state index contributed by atoms with van der Waals surface area (Å²) in [5.41, 5.74) is 1.32. The standard InChI is InChI=1S/C13H17N3S/c1-4-9-5-10(9)16-12-11-7(2)8(3)17-13(11)15-6-14-12/h6,9-10H,4-5H2,1-3H3,(H,14,15,16). The first-order valence-electron chi connectivity index (χ1n) is 6.18. The molecule has 17 heavy (non-hydrogen) atoms. The number of aromatic nitrogens is 2. The van der Waals surface area contributed by atoms with E-state index in [-0.39, 0.29) is 0 Å². The lowest BCUT2D eigenvalue weighted by atomic mass is 10.2. The maximum absolute atomic E-state index is 4.41. The Morgan fingerprint density at radius 2 is 2.24 bits per heavy atom. The zero-order valence-corrected chi connectivity index (χ0v) is 11.3. The second-order valence-electron chi connectivity index (χ2n) is 4.84. The minimum atomic E-state index is 0.623. The van der Waals surface area contributed by atoms with Gasteiger partial charge in [-0.1, -0.05) is 13.3 Å². The van der Waals surface area contributed by atoms with Crippen molar-refractivity contribution in [1.29, 1.82) is 0 Å². The van der Waals surface area contributed by atoms with E-state index < -0.39 is 0 Å². The van der Waals surface area contributed by atoms with Gasteiger partial charge in [0.15, 0.2) is 0 Å². The van der Waals surface area contributed by atoms with Crippen LogP contribution in [0.5, 0.6) is 0 Å². The van der Waals surface area contributed by atoms with Crippen LogP contribution in [-0.4, -0.2) is 16.0 Å². The molecule has 0 saturated heterocycles. The molecule has 1 saturated carbocycles. The average molecular weight is 247 g/mol. The molecule has 0 radical (unpaired) electrons. The predicted molar refractivity (Wildman–Crippen MR) is 72.7 cm³/mol. The molecule has 0 amide bonds. The maximum atomic E-state index is 4.41. The quantitative estimate of drug-likeness (QED) is 0.901. The van der Waals surface area contributed by atoms with Gasteiger partial charge in [0.25, 0.3) is 0 Å². The number of hydrogen-bond donors (Lipinski definition) is 1. The monoisotopic (exact) mass is 247 g/mol. The first-order valence-corrected chi connectivity index (χ1v) is 6.99. The van der Waals surface area contributed by atoms with Gasteiger partial charge in [0.1, 0.15) is 17.0 Å². The summed E-state index contributed by atoms with van der Waals surface area (Å²) < 4.78 is 0. The predicted octanol–water partition coefficient (Wildman–Crippen LogP) is 3.52. The number of thiophene rings is 1. The molecule has 0 bridgehead atoms. The van der Waals surface area contributed by atoms with Crippen molar-refractivity contribution >= 4 is 27.4 Å². The van der Waals surface area contributed by atoms with E-state index in [4.69, 9.17) is 0 Å². The highest BCUT2D eigenvalue weighted by Crippen LogP contribution is 2.39. The van der Waals surface area contributed by atoms with Crippen molar-refractivity contribution in [3.8, 4) is 0 Å². The molecule has 0 aromatic carbocycles. The Balaban J connectivity index is 1.98. The molecule has 1 fully saturated rings. The minimum Gasteiger partial charge on any atom is -0.366 e. The lowest BCUT2D eigenvalue weighted by molar-refractivity contribution is 0.773.